The van der Waals surface area contributed by atoms with Gasteiger partial charge >= 0.3 is 11.9 Å². The number of β-lactam (4-membered cyclic amide) rings is 1. The lowest BCUT2D eigenvalue weighted by atomic mass is 10.0. The summed E-state index contributed by atoms with van der Waals surface area (Å²) in [6.45, 7) is 0.451. The predicted octanol–water partition coefficient (Wildman–Crippen LogP) is 2.71. The van der Waals surface area contributed by atoms with Gasteiger partial charge in [0.05, 0.1) is 10.8 Å². The number of benzene rings is 1. The minimum Gasteiger partial charge on any atom is -0.480 e. The fourth-order valence-electron chi connectivity index (χ4n) is 4.01. The van der Waals surface area contributed by atoms with Gasteiger partial charge in [0, 0.05) is 44.9 Å². The van der Waals surface area contributed by atoms with Crippen molar-refractivity contribution < 1.29 is 34.0 Å². The number of nitrogens with two attached hydrogens (primary N) is 1. The van der Waals surface area contributed by atoms with Gasteiger partial charge in [-0.2, -0.15) is 0 Å². The third kappa shape index (κ3) is 7.25. The van der Waals surface area contributed by atoms with Crippen LogP contribution in [0.3, 0.4) is 0 Å². The molecule has 2 aliphatic rings. The maximum absolute atomic E-state index is 12.9. The monoisotopic (exact) mass is 643 g/mol. The first-order valence-corrected chi connectivity index (χ1v) is 15.7. The minimum absolute atomic E-state index is 0.0220. The van der Waals surface area contributed by atoms with Gasteiger partial charge < -0.3 is 21.3 Å². The van der Waals surface area contributed by atoms with E-state index in [4.69, 9.17) is 34.0 Å². The molecule has 0 aliphatic carbocycles. The van der Waals surface area contributed by atoms with Crippen LogP contribution in [0.15, 0.2) is 63.8 Å². The molecule has 2 aromatic rings. The van der Waals surface area contributed by atoms with Gasteiger partial charge in [0.2, 0.25) is 5.91 Å². The second-order valence-electron chi connectivity index (χ2n) is 8.87. The number of carbonyl (C=O) groups excluding carboxylic acids is 2. The van der Waals surface area contributed by atoms with Crippen molar-refractivity contribution in [3.63, 3.8) is 0 Å². The lowest BCUT2D eigenvalue weighted by Gasteiger charge is -2.49. The van der Waals surface area contributed by atoms with E-state index in [0.29, 0.717) is 45.0 Å². The fraction of sp³-hybridized carbons (Fsp3) is 0.320. The lowest BCUT2D eigenvalue weighted by molar-refractivity contribution is -0.697. The molecule has 4 rings (SSSR count). The largest absolute Gasteiger partial charge is 0.480 e. The van der Waals surface area contributed by atoms with Gasteiger partial charge in [-0.05, 0) is 23.8 Å². The molecule has 0 spiro atoms. The smallest absolute Gasteiger partial charge is 0.352 e. The minimum atomic E-state index is -1.19. The van der Waals surface area contributed by atoms with Gasteiger partial charge in [-0.3, -0.25) is 19.3 Å². The first-order valence-electron chi connectivity index (χ1n) is 11.9. The van der Waals surface area contributed by atoms with E-state index in [-0.39, 0.29) is 17.4 Å². The van der Waals surface area contributed by atoms with Crippen molar-refractivity contribution in [2.24, 2.45) is 5.73 Å². The zero-order valence-electron chi connectivity index (χ0n) is 20.8. The van der Waals surface area contributed by atoms with E-state index in [1.807, 2.05) is 16.7 Å². The Hall–Kier alpha value is -2.42. The van der Waals surface area contributed by atoms with Crippen molar-refractivity contribution in [1.82, 2.24) is 10.2 Å². The van der Waals surface area contributed by atoms with Gasteiger partial charge in [0.1, 0.15) is 23.2 Å². The Morgan fingerprint density at radius 3 is 2.58 bits per heavy atom. The van der Waals surface area contributed by atoms with Gasteiger partial charge in [-0.1, -0.05) is 23.2 Å². The number of rotatable bonds is 12. The van der Waals surface area contributed by atoms with Crippen LogP contribution in [0.4, 0.5) is 0 Å². The summed E-state index contributed by atoms with van der Waals surface area (Å²) in [7, 11) is 0. The van der Waals surface area contributed by atoms with E-state index >= 15 is 0 Å². The first-order chi connectivity index (χ1) is 19.0. The molecular formula is C25H25Cl2N4O6S3+. The summed E-state index contributed by atoms with van der Waals surface area (Å²) < 4.78 is 1.82. The molecule has 0 unspecified atom stereocenters. The normalized spacial score (nSPS) is 19.1. The number of halogens is 2. The van der Waals surface area contributed by atoms with Crippen LogP contribution in [0.25, 0.3) is 0 Å². The van der Waals surface area contributed by atoms with E-state index in [1.165, 1.54) is 40.2 Å². The highest BCUT2D eigenvalue weighted by Gasteiger charge is 2.54. The molecule has 0 radical (unpaired) electrons. The van der Waals surface area contributed by atoms with Crippen LogP contribution in [-0.4, -0.2) is 73.6 Å². The highest BCUT2D eigenvalue weighted by molar-refractivity contribution is 8.01. The molecule has 10 nitrogen and oxygen atoms in total. The van der Waals surface area contributed by atoms with Gasteiger partial charge in [0.25, 0.3) is 5.91 Å². The molecule has 0 bridgehead atoms. The van der Waals surface area contributed by atoms with Crippen molar-refractivity contribution >= 4 is 82.2 Å². The molecule has 2 amide bonds. The molecule has 0 saturated carbocycles. The van der Waals surface area contributed by atoms with Crippen LogP contribution >= 0.6 is 58.5 Å². The summed E-state index contributed by atoms with van der Waals surface area (Å²) in [4.78, 5) is 51.3. The van der Waals surface area contributed by atoms with Crippen LogP contribution in [0.2, 0.25) is 10.0 Å². The lowest BCUT2D eigenvalue weighted by Crippen LogP contribution is -2.70. The average Bonchev–Trinajstić information content (AvgIpc) is 2.93. The molecule has 2 aliphatic heterocycles. The fourth-order valence-corrected chi connectivity index (χ4v) is 7.68. The number of amides is 2. The Morgan fingerprint density at radius 1 is 1.18 bits per heavy atom. The summed E-state index contributed by atoms with van der Waals surface area (Å²) >= 11 is 16.2. The van der Waals surface area contributed by atoms with Crippen LogP contribution in [0.1, 0.15) is 6.42 Å². The van der Waals surface area contributed by atoms with E-state index in [2.05, 4.69) is 5.32 Å². The zero-order chi connectivity index (χ0) is 29.0. The van der Waals surface area contributed by atoms with Crippen LogP contribution in [0.5, 0.6) is 0 Å². The molecule has 3 atom stereocenters. The zero-order valence-corrected chi connectivity index (χ0v) is 24.8. The van der Waals surface area contributed by atoms with Crippen molar-refractivity contribution in [2.75, 3.05) is 17.3 Å². The Morgan fingerprint density at radius 2 is 1.90 bits per heavy atom. The molecular weight excluding hydrogens is 619 g/mol. The van der Waals surface area contributed by atoms with Crippen LogP contribution < -0.4 is 15.6 Å². The van der Waals surface area contributed by atoms with Crippen molar-refractivity contribution in [3.8, 4) is 0 Å². The number of aryl methyl sites for hydroxylation is 1. The molecule has 3 heterocycles. The van der Waals surface area contributed by atoms with E-state index < -0.39 is 35.3 Å². The highest BCUT2D eigenvalue weighted by Crippen LogP contribution is 2.41. The number of thioether (sulfide) groups is 3. The third-order valence-electron chi connectivity index (χ3n) is 6.11. The van der Waals surface area contributed by atoms with Crippen LogP contribution in [0, 0.1) is 0 Å². The maximum Gasteiger partial charge on any atom is 0.352 e. The van der Waals surface area contributed by atoms with Crippen molar-refractivity contribution in [2.45, 2.75) is 40.2 Å². The quantitative estimate of drug-likeness (QED) is 0.154. The number of pyridine rings is 1. The molecule has 40 heavy (non-hydrogen) atoms. The average molecular weight is 645 g/mol. The van der Waals surface area contributed by atoms with E-state index in [0.717, 1.165) is 4.90 Å². The summed E-state index contributed by atoms with van der Waals surface area (Å²) in [5.74, 6) is -2.27. The van der Waals surface area contributed by atoms with Gasteiger partial charge in [0.15, 0.2) is 18.9 Å². The number of fused-ring (bicyclic) bond motifs is 1. The molecule has 212 valence electrons. The Labute approximate surface area is 252 Å². The standard InChI is InChI=1S/C25H24Cl2N4O6S3/c26-14-1-2-16(27)18(9-14)39-12-19(32)29-20-22(33)31-21(25(36)37)13(11-40-23(20)31)10-38-15-3-6-30(7-4-15)8-5-17(28)24(34)35/h1-4,6-7,9,17,20,23H,5,8,10-12,28H2,(H2-,29,32,34,35,36,37)/p+1/t17-,20-,23+/m0/s1. The van der Waals surface area contributed by atoms with Crippen LogP contribution in [-0.2, 0) is 25.7 Å². The number of aliphatic carboxylic acids is 2. The number of hydrogen-bond acceptors (Lipinski definition) is 8. The second-order valence-corrected chi connectivity index (χ2v) is 12.9. The number of hydrogen-bond donors (Lipinski definition) is 4. The van der Waals surface area contributed by atoms with Gasteiger partial charge in [-0.15, -0.1) is 35.3 Å². The summed E-state index contributed by atoms with van der Waals surface area (Å²) in [6.07, 6.45) is 3.90. The number of carboxylic acids is 2. The molecule has 1 saturated heterocycles. The Kier molecular flexibility index (Phi) is 10.3. The van der Waals surface area contributed by atoms with Crippen molar-refractivity contribution in [3.05, 3.63) is 64.0 Å². The first kappa shape index (κ1) is 30.5. The Balaban J connectivity index is 1.33. The van der Waals surface area contributed by atoms with E-state index in [1.54, 1.807) is 30.6 Å². The predicted molar refractivity (Wildman–Crippen MR) is 154 cm³/mol. The molecule has 1 fully saturated rings. The third-order valence-corrected chi connectivity index (χ3v) is 10.3. The topological polar surface area (TPSA) is 154 Å². The number of nitrogens with one attached hydrogen (secondary N) is 1. The molecule has 1 aromatic heterocycles. The second kappa shape index (κ2) is 13.5. The Bertz CT molecular complexity index is 1360. The number of nitrogens with zero attached hydrogens (tertiary/aromatic N) is 2. The van der Waals surface area contributed by atoms with Gasteiger partial charge in [-0.25, -0.2) is 9.36 Å². The summed E-state index contributed by atoms with van der Waals surface area (Å²) in [5.41, 5.74) is 6.12. The maximum atomic E-state index is 12.9. The highest BCUT2D eigenvalue weighted by atomic mass is 35.5. The summed E-state index contributed by atoms with van der Waals surface area (Å²) in [5, 5.41) is 22.0. The molecule has 5 N–H and O–H groups in total. The number of carbonyl (C=O) groups is 4. The number of aromatic nitrogens is 1. The van der Waals surface area contributed by atoms with E-state index in [9.17, 15) is 24.3 Å². The number of carboxylic acid groups (broad SMARTS) is 2. The molecule has 15 heteroatoms. The summed E-state index contributed by atoms with van der Waals surface area (Å²) in [6, 6.07) is 6.91. The SMILES string of the molecule is N[C@@H](CC[n+]1ccc(SCC2=C(C(=O)O)N3C(=O)[C@H](NC(=O)CSc4cc(Cl)ccc4Cl)[C@H]3SC2)cc1)C(=O)O. The van der Waals surface area contributed by atoms with Crippen molar-refractivity contribution in [1.29, 1.82) is 0 Å². The molecule has 1 aromatic carbocycles.